The predicted octanol–water partition coefficient (Wildman–Crippen LogP) is 5.28. The summed E-state index contributed by atoms with van der Waals surface area (Å²) in [5.74, 6) is 0.826. The van der Waals surface area contributed by atoms with Crippen LogP contribution in [0.3, 0.4) is 0 Å². The summed E-state index contributed by atoms with van der Waals surface area (Å²) in [5.41, 5.74) is 1.36. The van der Waals surface area contributed by atoms with Crippen molar-refractivity contribution in [3.63, 3.8) is 0 Å². The lowest BCUT2D eigenvalue weighted by molar-refractivity contribution is 0.594. The molecule has 0 amide bonds. The zero-order valence-corrected chi connectivity index (χ0v) is 10.8. The fraction of sp³-hybridized carbons (Fsp3) is 0.600. The van der Waals surface area contributed by atoms with Gasteiger partial charge in [0.25, 0.3) is 0 Å². The van der Waals surface area contributed by atoms with Crippen molar-refractivity contribution in [2.24, 2.45) is 5.92 Å². The summed E-state index contributed by atoms with van der Waals surface area (Å²) < 4.78 is 0. The molecule has 0 rings (SSSR count). The zero-order valence-electron chi connectivity index (χ0n) is 10.8. The second-order valence-electron chi connectivity index (χ2n) is 4.69. The summed E-state index contributed by atoms with van der Waals surface area (Å²) in [5, 5.41) is 0. The van der Waals surface area contributed by atoms with Crippen LogP contribution in [0.25, 0.3) is 0 Å². The molecule has 0 radical (unpaired) electrons. The van der Waals surface area contributed by atoms with Gasteiger partial charge in [-0.1, -0.05) is 49.8 Å². The highest BCUT2D eigenvalue weighted by atomic mass is 13.9. The molecular formula is C15H26. The molecule has 0 unspecified atom stereocenters. The Bertz CT molecular complexity index is 212. The van der Waals surface area contributed by atoms with E-state index in [0.717, 1.165) is 12.3 Å². The molecule has 0 saturated carbocycles. The van der Waals surface area contributed by atoms with Gasteiger partial charge in [0.1, 0.15) is 0 Å². The molecule has 0 aliphatic rings. The fourth-order valence-corrected chi connectivity index (χ4v) is 1.21. The molecule has 0 heteroatoms. The first kappa shape index (κ1) is 14.2. The van der Waals surface area contributed by atoms with Crippen molar-refractivity contribution in [1.82, 2.24) is 0 Å². The second kappa shape index (κ2) is 9.76. The van der Waals surface area contributed by atoms with E-state index in [1.807, 2.05) is 0 Å². The summed E-state index contributed by atoms with van der Waals surface area (Å²) in [6.07, 6.45) is 16.0. The van der Waals surface area contributed by atoms with Crippen LogP contribution in [0.1, 0.15) is 53.4 Å². The molecule has 0 nitrogen and oxygen atoms in total. The van der Waals surface area contributed by atoms with E-state index in [2.05, 4.69) is 58.1 Å². The van der Waals surface area contributed by atoms with Crippen molar-refractivity contribution in [3.8, 4) is 0 Å². The molecule has 0 aromatic rings. The van der Waals surface area contributed by atoms with E-state index in [1.165, 1.54) is 24.8 Å². The van der Waals surface area contributed by atoms with Gasteiger partial charge in [-0.25, -0.2) is 0 Å². The lowest BCUT2D eigenvalue weighted by Crippen LogP contribution is -1.83. The van der Waals surface area contributed by atoms with E-state index >= 15 is 0 Å². The van der Waals surface area contributed by atoms with Gasteiger partial charge in [-0.15, -0.1) is 0 Å². The van der Waals surface area contributed by atoms with Crippen LogP contribution in [0.4, 0.5) is 0 Å². The minimum absolute atomic E-state index is 0.826. The highest BCUT2D eigenvalue weighted by Gasteiger charge is 1.88. The Morgan fingerprint density at radius 3 is 2.13 bits per heavy atom. The summed E-state index contributed by atoms with van der Waals surface area (Å²) >= 11 is 0. The Labute approximate surface area is 95.8 Å². The van der Waals surface area contributed by atoms with Crippen LogP contribution in [-0.2, 0) is 0 Å². The van der Waals surface area contributed by atoms with Crippen LogP contribution in [-0.4, -0.2) is 0 Å². The third kappa shape index (κ3) is 13.2. The van der Waals surface area contributed by atoms with Crippen LogP contribution < -0.4 is 0 Å². The smallest absolute Gasteiger partial charge is 0.0313 e. The molecule has 0 aliphatic carbocycles. The van der Waals surface area contributed by atoms with Crippen molar-refractivity contribution in [2.45, 2.75) is 53.4 Å². The number of unbranched alkanes of at least 4 members (excludes halogenated alkanes) is 1. The first-order chi connectivity index (χ1) is 7.13. The first-order valence-electron chi connectivity index (χ1n) is 6.08. The number of hydrogen-bond acceptors (Lipinski definition) is 0. The van der Waals surface area contributed by atoms with Crippen LogP contribution in [0.15, 0.2) is 36.0 Å². The largest absolute Gasteiger partial charge is 0.0885 e. The monoisotopic (exact) mass is 206 g/mol. The highest BCUT2D eigenvalue weighted by Crippen LogP contribution is 2.04. The first-order valence-corrected chi connectivity index (χ1v) is 6.08. The van der Waals surface area contributed by atoms with Crippen LogP contribution in [0, 0.1) is 5.92 Å². The van der Waals surface area contributed by atoms with E-state index in [-0.39, 0.29) is 0 Å². The minimum Gasteiger partial charge on any atom is -0.0885 e. The van der Waals surface area contributed by atoms with Gasteiger partial charge in [0.05, 0.1) is 0 Å². The van der Waals surface area contributed by atoms with Gasteiger partial charge in [-0.05, 0) is 45.4 Å². The van der Waals surface area contributed by atoms with Crippen LogP contribution in [0.2, 0.25) is 0 Å². The molecule has 0 heterocycles. The number of rotatable bonds is 7. The Hall–Kier alpha value is -0.780. The fourth-order valence-electron chi connectivity index (χ4n) is 1.21. The van der Waals surface area contributed by atoms with Crippen LogP contribution >= 0.6 is 0 Å². The average Bonchev–Trinajstić information content (AvgIpc) is 2.14. The van der Waals surface area contributed by atoms with Gasteiger partial charge in [-0.2, -0.15) is 0 Å². The minimum atomic E-state index is 0.826. The summed E-state index contributed by atoms with van der Waals surface area (Å²) in [4.78, 5) is 0. The molecular weight excluding hydrogens is 180 g/mol. The molecule has 0 atom stereocenters. The van der Waals surface area contributed by atoms with E-state index in [1.54, 1.807) is 0 Å². The van der Waals surface area contributed by atoms with Gasteiger partial charge in [0.15, 0.2) is 0 Å². The zero-order chi connectivity index (χ0) is 11.5. The third-order valence-corrected chi connectivity index (χ3v) is 2.14. The normalized spacial score (nSPS) is 11.8. The van der Waals surface area contributed by atoms with E-state index in [9.17, 15) is 0 Å². The Morgan fingerprint density at radius 2 is 1.53 bits per heavy atom. The van der Waals surface area contributed by atoms with Crippen molar-refractivity contribution in [2.75, 3.05) is 0 Å². The molecule has 0 bridgehead atoms. The topological polar surface area (TPSA) is 0 Å². The molecule has 0 aromatic carbocycles. The van der Waals surface area contributed by atoms with E-state index in [4.69, 9.17) is 0 Å². The predicted molar refractivity (Wildman–Crippen MR) is 71.0 cm³/mol. The molecule has 15 heavy (non-hydrogen) atoms. The lowest BCUT2D eigenvalue weighted by atomic mass is 10.1. The van der Waals surface area contributed by atoms with E-state index in [0.29, 0.717) is 0 Å². The van der Waals surface area contributed by atoms with E-state index < -0.39 is 0 Å². The standard InChI is InChI=1S/C15H26/c1-14(2)12-10-8-6-5-7-9-11-13-15(3)4/h6,8-9,11,13-14H,5,7,10,12H2,1-4H3/b8-6+,11-9+. The molecule has 86 valence electrons. The molecule has 0 aliphatic heterocycles. The third-order valence-electron chi connectivity index (χ3n) is 2.14. The SMILES string of the molecule is CC(C)=C/C=C/CC/C=C/CCC(C)C. The van der Waals surface area contributed by atoms with Gasteiger partial charge in [0, 0.05) is 0 Å². The average molecular weight is 206 g/mol. The molecule has 0 aromatic heterocycles. The Morgan fingerprint density at radius 1 is 0.933 bits per heavy atom. The highest BCUT2D eigenvalue weighted by molar-refractivity contribution is 5.08. The summed E-state index contributed by atoms with van der Waals surface area (Å²) in [6.45, 7) is 8.79. The summed E-state index contributed by atoms with van der Waals surface area (Å²) in [6, 6.07) is 0. The number of hydrogen-bond donors (Lipinski definition) is 0. The maximum Gasteiger partial charge on any atom is -0.0313 e. The maximum absolute atomic E-state index is 2.31. The molecule has 0 fully saturated rings. The van der Waals surface area contributed by atoms with Crippen molar-refractivity contribution in [1.29, 1.82) is 0 Å². The Kier molecular flexibility index (Phi) is 9.26. The lowest BCUT2D eigenvalue weighted by Gasteiger charge is -1.98. The quantitative estimate of drug-likeness (QED) is 0.302. The second-order valence-corrected chi connectivity index (χ2v) is 4.69. The van der Waals surface area contributed by atoms with Crippen molar-refractivity contribution in [3.05, 3.63) is 36.0 Å². The van der Waals surface area contributed by atoms with Gasteiger partial charge in [-0.3, -0.25) is 0 Å². The maximum atomic E-state index is 2.31. The molecule has 0 N–H and O–H groups in total. The van der Waals surface area contributed by atoms with Crippen molar-refractivity contribution < 1.29 is 0 Å². The van der Waals surface area contributed by atoms with Gasteiger partial charge in [0.2, 0.25) is 0 Å². The van der Waals surface area contributed by atoms with Gasteiger partial charge >= 0.3 is 0 Å². The number of allylic oxidation sites excluding steroid dienone is 6. The van der Waals surface area contributed by atoms with Crippen LogP contribution in [0.5, 0.6) is 0 Å². The summed E-state index contributed by atoms with van der Waals surface area (Å²) in [7, 11) is 0. The van der Waals surface area contributed by atoms with Gasteiger partial charge < -0.3 is 0 Å². The Balaban J connectivity index is 3.38. The van der Waals surface area contributed by atoms with Crippen molar-refractivity contribution >= 4 is 0 Å². The molecule has 0 saturated heterocycles. The molecule has 0 spiro atoms.